The van der Waals surface area contributed by atoms with Crippen LogP contribution in [0, 0.1) is 0 Å². The Balaban J connectivity index is 1.66. The molecule has 0 saturated carbocycles. The molecule has 0 unspecified atom stereocenters. The van der Waals surface area contributed by atoms with Crippen molar-refractivity contribution in [2.45, 2.75) is 17.9 Å². The molecule has 0 aromatic heterocycles. The Morgan fingerprint density at radius 3 is 2.15 bits per heavy atom. The topological polar surface area (TPSA) is 103 Å². The highest BCUT2D eigenvalue weighted by Crippen LogP contribution is 2.31. The fourth-order valence-electron chi connectivity index (χ4n) is 2.82. The second kappa shape index (κ2) is 10.5. The molecule has 10 heteroatoms. The number of rotatable bonds is 9. The van der Waals surface area contributed by atoms with Gasteiger partial charge in [0.05, 0.1) is 24.8 Å². The summed E-state index contributed by atoms with van der Waals surface area (Å²) in [7, 11) is -0.955. The highest BCUT2D eigenvalue weighted by atomic mass is 35.5. The van der Waals surface area contributed by atoms with Crippen molar-refractivity contribution in [3.05, 3.63) is 71.8 Å². The van der Waals surface area contributed by atoms with Gasteiger partial charge in [-0.1, -0.05) is 11.6 Å². The molecule has 3 aromatic rings. The minimum Gasteiger partial charge on any atom is -0.497 e. The predicted octanol–water partition coefficient (Wildman–Crippen LogP) is 4.56. The van der Waals surface area contributed by atoms with Crippen LogP contribution in [0.25, 0.3) is 0 Å². The van der Waals surface area contributed by atoms with Gasteiger partial charge < -0.3 is 19.5 Å². The summed E-state index contributed by atoms with van der Waals surface area (Å²) in [5.74, 6) is 0.964. The van der Waals surface area contributed by atoms with Crippen molar-refractivity contribution in [2.24, 2.45) is 0 Å². The summed E-state index contributed by atoms with van der Waals surface area (Å²) in [6.07, 6.45) is -0.779. The molecule has 0 aliphatic heterocycles. The van der Waals surface area contributed by atoms with Gasteiger partial charge in [0.25, 0.3) is 15.9 Å². The summed E-state index contributed by atoms with van der Waals surface area (Å²) in [4.78, 5) is 12.4. The molecule has 0 radical (unpaired) electrons. The number of anilines is 2. The number of ether oxygens (including phenoxy) is 3. The van der Waals surface area contributed by atoms with E-state index in [0.29, 0.717) is 28.0 Å². The van der Waals surface area contributed by atoms with Crippen molar-refractivity contribution in [3.8, 4) is 17.2 Å². The minimum atomic E-state index is -3.89. The first kappa shape index (κ1) is 24.2. The minimum absolute atomic E-state index is 0.0174. The van der Waals surface area contributed by atoms with Gasteiger partial charge in [-0.15, -0.1) is 0 Å². The molecule has 2 N–H and O–H groups in total. The van der Waals surface area contributed by atoms with Gasteiger partial charge in [-0.3, -0.25) is 9.52 Å². The van der Waals surface area contributed by atoms with Crippen LogP contribution in [0.3, 0.4) is 0 Å². The maximum atomic E-state index is 12.8. The number of sulfonamides is 1. The zero-order valence-corrected chi connectivity index (χ0v) is 19.7. The first-order valence-corrected chi connectivity index (χ1v) is 11.7. The molecule has 1 amide bonds. The van der Waals surface area contributed by atoms with E-state index in [0.717, 1.165) is 0 Å². The summed E-state index contributed by atoms with van der Waals surface area (Å²) < 4.78 is 44.0. The lowest BCUT2D eigenvalue weighted by Gasteiger charge is -2.15. The third-order valence-electron chi connectivity index (χ3n) is 4.58. The summed E-state index contributed by atoms with van der Waals surface area (Å²) in [5.41, 5.74) is 0.691. The Kier molecular flexibility index (Phi) is 7.67. The van der Waals surface area contributed by atoms with E-state index in [9.17, 15) is 13.2 Å². The number of amides is 1. The quantitative estimate of drug-likeness (QED) is 0.455. The molecule has 0 aliphatic rings. The number of benzene rings is 3. The smallest absolute Gasteiger partial charge is 0.265 e. The van der Waals surface area contributed by atoms with Gasteiger partial charge in [0.2, 0.25) is 0 Å². The Hall–Kier alpha value is -3.43. The molecule has 1 atom stereocenters. The van der Waals surface area contributed by atoms with Crippen molar-refractivity contribution >= 4 is 38.9 Å². The SMILES string of the molecule is COc1ccc(NS(=O)(=O)c2ccc(NC(=O)[C@@H](C)Oc3ccc(Cl)cc3)cc2)c(OC)c1. The Labute approximate surface area is 197 Å². The van der Waals surface area contributed by atoms with Crippen LogP contribution >= 0.6 is 11.6 Å². The zero-order chi connectivity index (χ0) is 24.0. The molecule has 0 aliphatic carbocycles. The van der Waals surface area contributed by atoms with Gasteiger partial charge in [0, 0.05) is 16.8 Å². The van der Waals surface area contributed by atoms with E-state index in [-0.39, 0.29) is 16.5 Å². The number of hydrogen-bond donors (Lipinski definition) is 2. The van der Waals surface area contributed by atoms with Crippen molar-refractivity contribution in [1.82, 2.24) is 0 Å². The summed E-state index contributed by atoms with van der Waals surface area (Å²) in [6.45, 7) is 1.61. The summed E-state index contributed by atoms with van der Waals surface area (Å²) in [5, 5.41) is 3.26. The molecular weight excluding hydrogens is 468 g/mol. The van der Waals surface area contributed by atoms with E-state index in [1.54, 1.807) is 49.4 Å². The molecule has 3 aromatic carbocycles. The Bertz CT molecular complexity index is 1210. The monoisotopic (exact) mass is 490 g/mol. The maximum absolute atomic E-state index is 12.8. The normalized spacial score (nSPS) is 11.9. The third kappa shape index (κ3) is 6.30. The third-order valence-corrected chi connectivity index (χ3v) is 6.21. The van der Waals surface area contributed by atoms with Gasteiger partial charge in [-0.05, 0) is 67.6 Å². The van der Waals surface area contributed by atoms with Crippen molar-refractivity contribution < 1.29 is 27.4 Å². The molecular formula is C23H23ClN2O6S. The van der Waals surface area contributed by atoms with Crippen LogP contribution in [0.4, 0.5) is 11.4 Å². The van der Waals surface area contributed by atoms with Gasteiger partial charge in [0.15, 0.2) is 6.10 Å². The van der Waals surface area contributed by atoms with Crippen molar-refractivity contribution in [3.63, 3.8) is 0 Å². The van der Waals surface area contributed by atoms with Crippen LogP contribution in [0.2, 0.25) is 5.02 Å². The van der Waals surface area contributed by atoms with Crippen LogP contribution in [0.15, 0.2) is 71.6 Å². The van der Waals surface area contributed by atoms with Crippen LogP contribution in [0.5, 0.6) is 17.2 Å². The van der Waals surface area contributed by atoms with E-state index in [1.165, 1.54) is 38.5 Å². The molecule has 3 rings (SSSR count). The molecule has 174 valence electrons. The second-order valence-electron chi connectivity index (χ2n) is 6.90. The standard InChI is InChI=1S/C23H23ClN2O6S/c1-15(32-18-8-4-16(24)5-9-18)23(27)25-17-6-11-20(12-7-17)33(28,29)26-21-13-10-19(30-2)14-22(21)31-3/h4-15,26H,1-3H3,(H,25,27)/t15-/m1/s1. The van der Waals surface area contributed by atoms with Gasteiger partial charge in [0.1, 0.15) is 17.2 Å². The molecule has 33 heavy (non-hydrogen) atoms. The highest BCUT2D eigenvalue weighted by Gasteiger charge is 2.19. The Morgan fingerprint density at radius 2 is 1.55 bits per heavy atom. The Morgan fingerprint density at radius 1 is 0.909 bits per heavy atom. The van der Waals surface area contributed by atoms with E-state index in [2.05, 4.69) is 10.0 Å². The fraction of sp³-hybridized carbons (Fsp3) is 0.174. The highest BCUT2D eigenvalue weighted by molar-refractivity contribution is 7.92. The van der Waals surface area contributed by atoms with Crippen molar-refractivity contribution in [2.75, 3.05) is 24.3 Å². The molecule has 8 nitrogen and oxygen atoms in total. The summed E-state index contributed by atoms with van der Waals surface area (Å²) in [6, 6.07) is 17.2. The van der Waals surface area contributed by atoms with E-state index >= 15 is 0 Å². The lowest BCUT2D eigenvalue weighted by molar-refractivity contribution is -0.122. The number of halogens is 1. The van der Waals surface area contributed by atoms with Gasteiger partial charge in [-0.25, -0.2) is 8.42 Å². The van der Waals surface area contributed by atoms with Gasteiger partial charge >= 0.3 is 0 Å². The lowest BCUT2D eigenvalue weighted by Crippen LogP contribution is -2.30. The average Bonchev–Trinajstić information content (AvgIpc) is 2.81. The van der Waals surface area contributed by atoms with Crippen LogP contribution < -0.4 is 24.2 Å². The molecule has 0 heterocycles. The first-order chi connectivity index (χ1) is 15.7. The number of hydrogen-bond acceptors (Lipinski definition) is 6. The van der Waals surface area contributed by atoms with Gasteiger partial charge in [-0.2, -0.15) is 0 Å². The van der Waals surface area contributed by atoms with Crippen LogP contribution in [-0.2, 0) is 14.8 Å². The molecule has 0 bridgehead atoms. The average molecular weight is 491 g/mol. The lowest BCUT2D eigenvalue weighted by atomic mass is 10.3. The molecule has 0 saturated heterocycles. The van der Waals surface area contributed by atoms with Crippen LogP contribution in [0.1, 0.15) is 6.92 Å². The largest absolute Gasteiger partial charge is 0.497 e. The number of carbonyl (C=O) groups is 1. The zero-order valence-electron chi connectivity index (χ0n) is 18.2. The van der Waals surface area contributed by atoms with E-state index in [1.807, 2.05) is 0 Å². The van der Waals surface area contributed by atoms with E-state index in [4.69, 9.17) is 25.8 Å². The first-order valence-electron chi connectivity index (χ1n) is 9.80. The number of nitrogens with one attached hydrogen (secondary N) is 2. The second-order valence-corrected chi connectivity index (χ2v) is 9.02. The van der Waals surface area contributed by atoms with Crippen LogP contribution in [-0.4, -0.2) is 34.6 Å². The summed E-state index contributed by atoms with van der Waals surface area (Å²) >= 11 is 5.84. The fourth-order valence-corrected chi connectivity index (χ4v) is 4.02. The predicted molar refractivity (Wildman–Crippen MR) is 127 cm³/mol. The number of carbonyl (C=O) groups excluding carboxylic acids is 1. The van der Waals surface area contributed by atoms with Crippen molar-refractivity contribution in [1.29, 1.82) is 0 Å². The molecule has 0 fully saturated rings. The van der Waals surface area contributed by atoms with E-state index < -0.39 is 16.1 Å². The molecule has 0 spiro atoms. The maximum Gasteiger partial charge on any atom is 0.265 e. The number of methoxy groups -OCH3 is 2.